The number of hydrogen-bond acceptors (Lipinski definition) is 3. The van der Waals surface area contributed by atoms with Gasteiger partial charge in [-0.15, -0.1) is 0 Å². The molecule has 0 saturated carbocycles. The van der Waals surface area contributed by atoms with Crippen molar-refractivity contribution >= 4 is 21.6 Å². The Morgan fingerprint density at radius 1 is 1.44 bits per heavy atom. The van der Waals surface area contributed by atoms with E-state index in [1.807, 2.05) is 25.1 Å². The van der Waals surface area contributed by atoms with E-state index in [-0.39, 0.29) is 5.56 Å². The number of rotatable bonds is 4. The van der Waals surface area contributed by atoms with Crippen molar-refractivity contribution in [3.63, 3.8) is 0 Å². The largest absolute Gasteiger partial charge is 0.383 e. The van der Waals surface area contributed by atoms with Crippen LogP contribution in [0.25, 0.3) is 0 Å². The molecule has 0 atom stereocenters. The van der Waals surface area contributed by atoms with Gasteiger partial charge < -0.3 is 5.32 Å². The Labute approximate surface area is 114 Å². The molecule has 0 aliphatic heterocycles. The molecular weight excluding hydrogens is 294 g/mol. The van der Waals surface area contributed by atoms with Crippen molar-refractivity contribution in [2.45, 2.75) is 13.5 Å². The maximum absolute atomic E-state index is 11.7. The molecule has 0 aliphatic rings. The van der Waals surface area contributed by atoms with Gasteiger partial charge in [-0.25, -0.2) is 4.98 Å². The van der Waals surface area contributed by atoms with Crippen molar-refractivity contribution in [2.24, 2.45) is 0 Å². The summed E-state index contributed by atoms with van der Waals surface area (Å²) >= 11 is 3.18. The second kappa shape index (κ2) is 5.82. The summed E-state index contributed by atoms with van der Waals surface area (Å²) in [5.41, 5.74) is 2.21. The summed E-state index contributed by atoms with van der Waals surface area (Å²) in [7, 11) is 0. The third kappa shape index (κ3) is 3.20. The highest BCUT2D eigenvalue weighted by atomic mass is 79.9. The molecule has 1 heterocycles. The first kappa shape index (κ1) is 12.8. The smallest absolute Gasteiger partial charge is 0.267 e. The van der Waals surface area contributed by atoms with Crippen LogP contribution < -0.4 is 10.9 Å². The predicted octanol–water partition coefficient (Wildman–Crippen LogP) is 2.43. The van der Waals surface area contributed by atoms with Crippen LogP contribution in [0.2, 0.25) is 0 Å². The maximum Gasteiger partial charge on any atom is 0.267 e. The maximum atomic E-state index is 11.7. The SMILES string of the molecule is Cc1cccc(NCCn2cncc(Br)c2=O)c1. The Morgan fingerprint density at radius 3 is 3.06 bits per heavy atom. The van der Waals surface area contributed by atoms with Crippen LogP contribution in [0.3, 0.4) is 0 Å². The average Bonchev–Trinajstić information content (AvgIpc) is 2.35. The normalized spacial score (nSPS) is 10.3. The second-order valence-electron chi connectivity index (χ2n) is 4.04. The number of hydrogen-bond donors (Lipinski definition) is 1. The van der Waals surface area contributed by atoms with Crippen LogP contribution in [0.15, 0.2) is 46.1 Å². The number of aryl methyl sites for hydroxylation is 1. The van der Waals surface area contributed by atoms with Gasteiger partial charge in [-0.2, -0.15) is 0 Å². The molecule has 0 radical (unpaired) electrons. The van der Waals surface area contributed by atoms with Crippen molar-refractivity contribution in [3.8, 4) is 0 Å². The molecule has 0 unspecified atom stereocenters. The van der Waals surface area contributed by atoms with Crippen molar-refractivity contribution in [3.05, 3.63) is 57.2 Å². The molecule has 1 aromatic carbocycles. The van der Waals surface area contributed by atoms with Crippen LogP contribution in [0.1, 0.15) is 5.56 Å². The zero-order chi connectivity index (χ0) is 13.0. The molecule has 0 amide bonds. The van der Waals surface area contributed by atoms with E-state index in [9.17, 15) is 4.79 Å². The molecule has 2 aromatic rings. The number of nitrogens with zero attached hydrogens (tertiary/aromatic N) is 2. The third-order valence-corrected chi connectivity index (χ3v) is 3.10. The highest BCUT2D eigenvalue weighted by Crippen LogP contribution is 2.08. The summed E-state index contributed by atoms with van der Waals surface area (Å²) in [6.45, 7) is 3.31. The zero-order valence-electron chi connectivity index (χ0n) is 10.1. The summed E-state index contributed by atoms with van der Waals surface area (Å²) in [5.74, 6) is 0. The van der Waals surface area contributed by atoms with E-state index in [1.54, 1.807) is 10.9 Å². The second-order valence-corrected chi connectivity index (χ2v) is 4.89. The molecule has 0 fully saturated rings. The Hall–Kier alpha value is -1.62. The minimum absolute atomic E-state index is 0.0592. The molecule has 4 nitrogen and oxygen atoms in total. The molecule has 0 aliphatic carbocycles. The van der Waals surface area contributed by atoms with Crippen molar-refractivity contribution < 1.29 is 0 Å². The predicted molar refractivity (Wildman–Crippen MR) is 75.9 cm³/mol. The molecular formula is C13H14BrN3O. The fourth-order valence-electron chi connectivity index (χ4n) is 1.66. The van der Waals surface area contributed by atoms with Crippen LogP contribution in [0.5, 0.6) is 0 Å². The van der Waals surface area contributed by atoms with Crippen molar-refractivity contribution in [1.82, 2.24) is 9.55 Å². The van der Waals surface area contributed by atoms with Crippen LogP contribution in [0, 0.1) is 6.92 Å². The van der Waals surface area contributed by atoms with Gasteiger partial charge in [0.05, 0.1) is 6.33 Å². The molecule has 2 rings (SSSR count). The lowest BCUT2D eigenvalue weighted by Crippen LogP contribution is -2.24. The first-order valence-electron chi connectivity index (χ1n) is 5.67. The highest BCUT2D eigenvalue weighted by molar-refractivity contribution is 9.10. The lowest BCUT2D eigenvalue weighted by Gasteiger charge is -2.08. The van der Waals surface area contributed by atoms with Crippen LogP contribution in [0.4, 0.5) is 5.69 Å². The minimum atomic E-state index is -0.0592. The van der Waals surface area contributed by atoms with Crippen LogP contribution in [-0.4, -0.2) is 16.1 Å². The van der Waals surface area contributed by atoms with E-state index in [0.29, 0.717) is 17.6 Å². The first-order chi connectivity index (χ1) is 8.66. The summed E-state index contributed by atoms with van der Waals surface area (Å²) < 4.78 is 2.06. The van der Waals surface area contributed by atoms with E-state index >= 15 is 0 Å². The zero-order valence-corrected chi connectivity index (χ0v) is 11.6. The average molecular weight is 308 g/mol. The lowest BCUT2D eigenvalue weighted by molar-refractivity contribution is 0.676. The van der Waals surface area contributed by atoms with Gasteiger partial charge in [0.1, 0.15) is 4.47 Å². The van der Waals surface area contributed by atoms with E-state index in [2.05, 4.69) is 32.3 Å². The van der Waals surface area contributed by atoms with Crippen LogP contribution >= 0.6 is 15.9 Å². The van der Waals surface area contributed by atoms with Gasteiger partial charge in [-0.1, -0.05) is 12.1 Å². The van der Waals surface area contributed by atoms with E-state index < -0.39 is 0 Å². The quantitative estimate of drug-likeness (QED) is 0.943. The summed E-state index contributed by atoms with van der Waals surface area (Å²) in [4.78, 5) is 15.7. The summed E-state index contributed by atoms with van der Waals surface area (Å²) in [6.07, 6.45) is 3.05. The third-order valence-electron chi connectivity index (χ3n) is 2.56. The standard InChI is InChI=1S/C13H14BrN3O/c1-10-3-2-4-11(7-10)16-5-6-17-9-15-8-12(14)13(17)18/h2-4,7-9,16H,5-6H2,1H3. The molecule has 94 valence electrons. The Balaban J connectivity index is 1.97. The Bertz CT molecular complexity index is 595. The van der Waals surface area contributed by atoms with Gasteiger partial charge in [0.15, 0.2) is 0 Å². The van der Waals surface area contributed by atoms with Gasteiger partial charge >= 0.3 is 0 Å². The molecule has 0 saturated heterocycles. The highest BCUT2D eigenvalue weighted by Gasteiger charge is 2.00. The molecule has 18 heavy (non-hydrogen) atoms. The summed E-state index contributed by atoms with van der Waals surface area (Å²) in [5, 5.41) is 3.28. The number of halogens is 1. The van der Waals surface area contributed by atoms with Crippen molar-refractivity contribution in [1.29, 1.82) is 0 Å². The van der Waals surface area contributed by atoms with Gasteiger partial charge in [0, 0.05) is 25.0 Å². The first-order valence-corrected chi connectivity index (χ1v) is 6.46. The number of aromatic nitrogens is 2. The minimum Gasteiger partial charge on any atom is -0.383 e. The fraction of sp³-hybridized carbons (Fsp3) is 0.231. The van der Waals surface area contributed by atoms with E-state index in [1.165, 1.54) is 11.8 Å². The Kier molecular flexibility index (Phi) is 4.15. The van der Waals surface area contributed by atoms with E-state index in [0.717, 1.165) is 5.69 Å². The molecule has 0 bridgehead atoms. The topological polar surface area (TPSA) is 46.9 Å². The van der Waals surface area contributed by atoms with Gasteiger partial charge in [0.25, 0.3) is 5.56 Å². The molecule has 1 aromatic heterocycles. The number of anilines is 1. The van der Waals surface area contributed by atoms with Crippen LogP contribution in [-0.2, 0) is 6.54 Å². The molecule has 0 spiro atoms. The fourth-order valence-corrected chi connectivity index (χ4v) is 2.01. The lowest BCUT2D eigenvalue weighted by atomic mass is 10.2. The molecule has 1 N–H and O–H groups in total. The number of nitrogens with one attached hydrogen (secondary N) is 1. The van der Waals surface area contributed by atoms with Gasteiger partial charge in [-0.05, 0) is 40.5 Å². The Morgan fingerprint density at radius 2 is 2.28 bits per heavy atom. The summed E-state index contributed by atoms with van der Waals surface area (Å²) in [6, 6.07) is 8.13. The van der Waals surface area contributed by atoms with Gasteiger partial charge in [-0.3, -0.25) is 9.36 Å². The van der Waals surface area contributed by atoms with Crippen molar-refractivity contribution in [2.75, 3.05) is 11.9 Å². The van der Waals surface area contributed by atoms with Gasteiger partial charge in [0.2, 0.25) is 0 Å². The van der Waals surface area contributed by atoms with E-state index in [4.69, 9.17) is 0 Å². The number of benzene rings is 1. The monoisotopic (exact) mass is 307 g/mol. The molecule has 5 heteroatoms.